The van der Waals surface area contributed by atoms with Gasteiger partial charge in [0, 0.05) is 36.4 Å². The zero-order chi connectivity index (χ0) is 21.1. The molecular formula is C22H26N4O2S2. The minimum absolute atomic E-state index is 0.162. The number of thioether (sulfide) groups is 1. The van der Waals surface area contributed by atoms with E-state index in [1.165, 1.54) is 16.6 Å². The van der Waals surface area contributed by atoms with Crippen molar-refractivity contribution in [1.29, 1.82) is 0 Å². The number of carbonyl (C=O) groups is 1. The fourth-order valence-corrected chi connectivity index (χ4v) is 5.67. The fourth-order valence-electron chi connectivity index (χ4n) is 3.64. The summed E-state index contributed by atoms with van der Waals surface area (Å²) in [6, 6.07) is 10.2. The van der Waals surface area contributed by atoms with Crippen LogP contribution in [0.3, 0.4) is 0 Å². The molecule has 158 valence electrons. The number of benzene rings is 1. The number of amides is 1. The lowest BCUT2D eigenvalue weighted by atomic mass is 10.2. The van der Waals surface area contributed by atoms with Crippen molar-refractivity contribution in [2.24, 2.45) is 0 Å². The molecule has 0 spiro atoms. The first-order chi connectivity index (χ1) is 14.6. The first kappa shape index (κ1) is 20.9. The Labute approximate surface area is 185 Å². The molecule has 1 amide bonds. The van der Waals surface area contributed by atoms with Crippen molar-refractivity contribution in [1.82, 2.24) is 14.9 Å². The predicted octanol–water partition coefficient (Wildman–Crippen LogP) is 4.01. The van der Waals surface area contributed by atoms with Crippen molar-refractivity contribution in [3.8, 4) is 5.75 Å². The number of hydrogen-bond donors (Lipinski definition) is 0. The van der Waals surface area contributed by atoms with Crippen LogP contribution in [0.15, 0.2) is 35.4 Å². The summed E-state index contributed by atoms with van der Waals surface area (Å²) in [5, 5.41) is 1.98. The topological polar surface area (TPSA) is 58.6 Å². The Hall–Kier alpha value is -2.32. The molecule has 0 saturated carbocycles. The van der Waals surface area contributed by atoms with E-state index in [-0.39, 0.29) is 5.91 Å². The van der Waals surface area contributed by atoms with Crippen molar-refractivity contribution in [2.45, 2.75) is 25.3 Å². The molecule has 6 nitrogen and oxygen atoms in total. The Morgan fingerprint density at radius 1 is 1.20 bits per heavy atom. The number of thiophene rings is 1. The summed E-state index contributed by atoms with van der Waals surface area (Å²) >= 11 is 3.24. The van der Waals surface area contributed by atoms with Gasteiger partial charge in [0.2, 0.25) is 5.91 Å². The highest BCUT2D eigenvalue weighted by atomic mass is 32.2. The van der Waals surface area contributed by atoms with Crippen LogP contribution in [0.2, 0.25) is 0 Å². The average Bonchev–Trinajstić information content (AvgIpc) is 3.20. The molecule has 1 saturated heterocycles. The lowest BCUT2D eigenvalue weighted by Crippen LogP contribution is -2.49. The number of nitrogens with zero attached hydrogens (tertiary/aromatic N) is 4. The lowest BCUT2D eigenvalue weighted by molar-refractivity contribution is -0.128. The van der Waals surface area contributed by atoms with Gasteiger partial charge in [-0.25, -0.2) is 9.97 Å². The average molecular weight is 443 g/mol. The van der Waals surface area contributed by atoms with E-state index in [1.807, 2.05) is 30.0 Å². The van der Waals surface area contributed by atoms with Crippen molar-refractivity contribution < 1.29 is 9.53 Å². The number of para-hydroxylation sites is 2. The molecule has 2 aromatic heterocycles. The summed E-state index contributed by atoms with van der Waals surface area (Å²) < 4.78 is 5.48. The Bertz CT molecular complexity index is 1040. The van der Waals surface area contributed by atoms with Crippen molar-refractivity contribution in [3.05, 3.63) is 41.0 Å². The molecule has 3 heterocycles. The highest BCUT2D eigenvalue weighted by molar-refractivity contribution is 8.00. The van der Waals surface area contributed by atoms with Gasteiger partial charge in [0.1, 0.15) is 21.4 Å². The minimum Gasteiger partial charge on any atom is -0.495 e. The lowest BCUT2D eigenvalue weighted by Gasteiger charge is -2.36. The van der Waals surface area contributed by atoms with Crippen molar-refractivity contribution in [3.63, 3.8) is 0 Å². The molecule has 0 N–H and O–H groups in total. The first-order valence-corrected chi connectivity index (χ1v) is 11.9. The SMILES string of the molecule is CCc1cc2c(SCC(=O)N3CCN(c4ccccc4OC)CC3)nc(C)nc2s1. The van der Waals surface area contributed by atoms with Gasteiger partial charge in [0.15, 0.2) is 0 Å². The van der Waals surface area contributed by atoms with E-state index in [4.69, 9.17) is 4.74 Å². The predicted molar refractivity (Wildman–Crippen MR) is 124 cm³/mol. The van der Waals surface area contributed by atoms with Crippen LogP contribution >= 0.6 is 23.1 Å². The van der Waals surface area contributed by atoms with Crippen molar-refractivity contribution in [2.75, 3.05) is 43.9 Å². The Balaban J connectivity index is 1.38. The van der Waals surface area contributed by atoms with Gasteiger partial charge in [0.25, 0.3) is 0 Å². The molecule has 1 aromatic carbocycles. The van der Waals surface area contributed by atoms with Crippen molar-refractivity contribution >= 4 is 44.9 Å². The van der Waals surface area contributed by atoms with Crippen LogP contribution in [0, 0.1) is 6.92 Å². The van der Waals surface area contributed by atoms with E-state index < -0.39 is 0 Å². The van der Waals surface area contributed by atoms with E-state index in [9.17, 15) is 4.79 Å². The minimum atomic E-state index is 0.162. The molecule has 4 rings (SSSR count). The van der Waals surface area contributed by atoms with Crippen LogP contribution in [0.25, 0.3) is 10.2 Å². The third-order valence-electron chi connectivity index (χ3n) is 5.26. The largest absolute Gasteiger partial charge is 0.495 e. The Morgan fingerprint density at radius 2 is 1.97 bits per heavy atom. The molecule has 3 aromatic rings. The quantitative estimate of drug-likeness (QED) is 0.425. The second kappa shape index (κ2) is 9.22. The van der Waals surface area contributed by atoms with Crippen LogP contribution < -0.4 is 9.64 Å². The molecule has 1 fully saturated rings. The summed E-state index contributed by atoms with van der Waals surface area (Å²) in [5.41, 5.74) is 1.09. The zero-order valence-electron chi connectivity index (χ0n) is 17.6. The second-order valence-electron chi connectivity index (χ2n) is 7.19. The van der Waals surface area contributed by atoms with Gasteiger partial charge in [-0.05, 0) is 31.5 Å². The number of aromatic nitrogens is 2. The van der Waals surface area contributed by atoms with Gasteiger partial charge in [0.05, 0.1) is 18.6 Å². The standard InChI is InChI=1S/C22H26N4O2S2/c1-4-16-13-17-21(23-15(2)24-22(17)30-16)29-14-20(27)26-11-9-25(10-12-26)18-7-5-6-8-19(18)28-3/h5-8,13H,4,9-12,14H2,1-3H3. The fraction of sp³-hybridized carbons (Fsp3) is 0.409. The highest BCUT2D eigenvalue weighted by Gasteiger charge is 2.23. The summed E-state index contributed by atoms with van der Waals surface area (Å²) in [4.78, 5) is 28.5. The maximum atomic E-state index is 12.8. The van der Waals surface area contributed by atoms with Crippen LogP contribution in [0.4, 0.5) is 5.69 Å². The summed E-state index contributed by atoms with van der Waals surface area (Å²) in [6.07, 6.45) is 0.986. The van der Waals surface area contributed by atoms with Crippen LogP contribution in [0.5, 0.6) is 5.75 Å². The molecule has 8 heteroatoms. The Morgan fingerprint density at radius 3 is 2.70 bits per heavy atom. The third-order valence-corrected chi connectivity index (χ3v) is 7.41. The number of rotatable bonds is 6. The molecule has 1 aliphatic rings. The van der Waals surface area contributed by atoms with Crippen LogP contribution in [0.1, 0.15) is 17.6 Å². The number of anilines is 1. The smallest absolute Gasteiger partial charge is 0.233 e. The van der Waals surface area contributed by atoms with E-state index in [0.29, 0.717) is 18.8 Å². The number of hydrogen-bond acceptors (Lipinski definition) is 7. The van der Waals surface area contributed by atoms with E-state index >= 15 is 0 Å². The third kappa shape index (κ3) is 4.39. The Kier molecular flexibility index (Phi) is 6.43. The highest BCUT2D eigenvalue weighted by Crippen LogP contribution is 2.32. The maximum Gasteiger partial charge on any atom is 0.233 e. The zero-order valence-corrected chi connectivity index (χ0v) is 19.2. The molecule has 0 unspecified atom stereocenters. The number of piperazine rings is 1. The van der Waals surface area contributed by atoms with Gasteiger partial charge in [-0.15, -0.1) is 11.3 Å². The van der Waals surface area contributed by atoms with Gasteiger partial charge in [-0.2, -0.15) is 0 Å². The summed E-state index contributed by atoms with van der Waals surface area (Å²) in [6.45, 7) is 7.10. The molecule has 1 aliphatic heterocycles. The molecule has 0 aliphatic carbocycles. The molecular weight excluding hydrogens is 416 g/mol. The van der Waals surface area contributed by atoms with Gasteiger partial charge < -0.3 is 14.5 Å². The maximum absolute atomic E-state index is 12.8. The second-order valence-corrected chi connectivity index (χ2v) is 9.27. The number of methoxy groups -OCH3 is 1. The number of carbonyl (C=O) groups excluding carboxylic acids is 1. The summed E-state index contributed by atoms with van der Waals surface area (Å²) in [7, 11) is 1.69. The number of ether oxygens (including phenoxy) is 1. The number of fused-ring (bicyclic) bond motifs is 1. The number of aryl methyl sites for hydroxylation is 2. The molecule has 0 atom stereocenters. The normalized spacial score (nSPS) is 14.4. The molecule has 0 radical (unpaired) electrons. The summed E-state index contributed by atoms with van der Waals surface area (Å²) in [5.74, 6) is 2.19. The molecule has 30 heavy (non-hydrogen) atoms. The van der Waals surface area contributed by atoms with Gasteiger partial charge >= 0.3 is 0 Å². The van der Waals surface area contributed by atoms with Gasteiger partial charge in [-0.3, -0.25) is 4.79 Å². The van der Waals surface area contributed by atoms with E-state index in [1.54, 1.807) is 18.4 Å². The van der Waals surface area contributed by atoms with Gasteiger partial charge in [-0.1, -0.05) is 30.8 Å². The van der Waals surface area contributed by atoms with Crippen LogP contribution in [-0.4, -0.2) is 59.8 Å². The first-order valence-electron chi connectivity index (χ1n) is 10.1. The van der Waals surface area contributed by atoms with E-state index in [2.05, 4.69) is 33.9 Å². The monoisotopic (exact) mass is 442 g/mol. The van der Waals surface area contributed by atoms with E-state index in [0.717, 1.165) is 52.0 Å². The molecule has 0 bridgehead atoms. The van der Waals surface area contributed by atoms with Crippen LogP contribution in [-0.2, 0) is 11.2 Å².